The molecule has 1 aliphatic carbocycles. The highest BCUT2D eigenvalue weighted by molar-refractivity contribution is 8.03. The van der Waals surface area contributed by atoms with Gasteiger partial charge in [-0.25, -0.2) is 0 Å². The summed E-state index contributed by atoms with van der Waals surface area (Å²) in [6, 6.07) is 6.50. The van der Waals surface area contributed by atoms with Gasteiger partial charge in [0.2, 0.25) is 0 Å². The van der Waals surface area contributed by atoms with Crippen molar-refractivity contribution in [2.24, 2.45) is 5.92 Å². The highest BCUT2D eigenvalue weighted by atomic mass is 35.5. The van der Waals surface area contributed by atoms with E-state index in [-0.39, 0.29) is 0 Å². The summed E-state index contributed by atoms with van der Waals surface area (Å²) in [5.74, 6) is 3.01. The van der Waals surface area contributed by atoms with Crippen LogP contribution in [0.5, 0.6) is 0 Å². The summed E-state index contributed by atoms with van der Waals surface area (Å²) in [5.41, 5.74) is 2.99. The maximum atomic E-state index is 6.25. The van der Waals surface area contributed by atoms with Crippen LogP contribution in [0.25, 0.3) is 0 Å². The van der Waals surface area contributed by atoms with Gasteiger partial charge in [-0.15, -0.1) is 11.8 Å². The number of allylic oxidation sites excluding steroid dienone is 3. The number of halogens is 1. The molecule has 3 rings (SSSR count). The molecule has 1 aromatic carbocycles. The van der Waals surface area contributed by atoms with Gasteiger partial charge in [0.05, 0.1) is 5.03 Å². The third-order valence-electron chi connectivity index (χ3n) is 5.28. The van der Waals surface area contributed by atoms with E-state index in [1.54, 1.807) is 0 Å². The molecule has 0 aromatic heterocycles. The van der Waals surface area contributed by atoms with Crippen LogP contribution in [0, 0.1) is 5.92 Å². The molecule has 2 aliphatic rings. The second kappa shape index (κ2) is 7.36. The molecule has 0 amide bonds. The van der Waals surface area contributed by atoms with E-state index >= 15 is 0 Å². The molecule has 0 saturated carbocycles. The largest absolute Gasteiger partial charge is 0.369 e. The molecule has 0 bridgehead atoms. The number of hydrogen-bond acceptors (Lipinski definition) is 2. The van der Waals surface area contributed by atoms with Gasteiger partial charge in [-0.3, -0.25) is 0 Å². The van der Waals surface area contributed by atoms with Crippen LogP contribution >= 0.6 is 23.4 Å². The second-order valence-corrected chi connectivity index (χ2v) is 8.09. The van der Waals surface area contributed by atoms with Crippen LogP contribution in [0.1, 0.15) is 49.7 Å². The van der Waals surface area contributed by atoms with E-state index in [1.807, 2.05) is 17.8 Å². The Morgan fingerprint density at radius 2 is 1.96 bits per heavy atom. The molecule has 1 saturated heterocycles. The van der Waals surface area contributed by atoms with Gasteiger partial charge in [0.15, 0.2) is 0 Å². The average molecular weight is 348 g/mol. The summed E-state index contributed by atoms with van der Waals surface area (Å²) in [6.07, 6.45) is 9.37. The standard InChI is InChI=1S/C20H26ClNS/c1-4-15-17(7-6-8-20-22(3)11-12-23-20)16(5-2)19-13-14(21)9-10-18(15)19/h6-10,13,15-17H,4-5,11-12H2,1-3H3/b7-6+,20-8-. The first-order valence-corrected chi connectivity index (χ1v) is 10.0. The van der Waals surface area contributed by atoms with Gasteiger partial charge in [-0.1, -0.05) is 43.7 Å². The fourth-order valence-electron chi connectivity index (χ4n) is 4.10. The number of hydrogen-bond donors (Lipinski definition) is 0. The predicted molar refractivity (Wildman–Crippen MR) is 103 cm³/mol. The van der Waals surface area contributed by atoms with E-state index in [2.05, 4.69) is 56.2 Å². The Labute approximate surface area is 149 Å². The van der Waals surface area contributed by atoms with E-state index < -0.39 is 0 Å². The minimum Gasteiger partial charge on any atom is -0.369 e. The lowest BCUT2D eigenvalue weighted by atomic mass is 9.84. The molecule has 23 heavy (non-hydrogen) atoms. The smallest absolute Gasteiger partial charge is 0.0705 e. The Balaban J connectivity index is 1.86. The maximum Gasteiger partial charge on any atom is 0.0705 e. The zero-order valence-corrected chi connectivity index (χ0v) is 15.8. The van der Waals surface area contributed by atoms with Crippen LogP contribution in [0.15, 0.2) is 41.5 Å². The van der Waals surface area contributed by atoms with Crippen LogP contribution in [-0.4, -0.2) is 24.2 Å². The van der Waals surface area contributed by atoms with E-state index in [9.17, 15) is 0 Å². The van der Waals surface area contributed by atoms with Crippen molar-refractivity contribution >= 4 is 23.4 Å². The Morgan fingerprint density at radius 1 is 1.22 bits per heavy atom. The average Bonchev–Trinajstić information content (AvgIpc) is 3.07. The van der Waals surface area contributed by atoms with Crippen LogP contribution in [0.4, 0.5) is 0 Å². The van der Waals surface area contributed by atoms with Crippen LogP contribution in [0.2, 0.25) is 5.02 Å². The second-order valence-electron chi connectivity index (χ2n) is 6.54. The molecule has 1 heterocycles. The Hall–Kier alpha value is -0.860. The molecular formula is C20H26ClNS. The fraction of sp³-hybridized carbons (Fsp3) is 0.500. The van der Waals surface area contributed by atoms with Crippen LogP contribution < -0.4 is 0 Å². The molecule has 3 heteroatoms. The Morgan fingerprint density at radius 3 is 2.61 bits per heavy atom. The van der Waals surface area contributed by atoms with Gasteiger partial charge in [0.1, 0.15) is 0 Å². The lowest BCUT2D eigenvalue weighted by molar-refractivity contribution is 0.449. The molecule has 124 valence electrons. The molecule has 1 aromatic rings. The van der Waals surface area contributed by atoms with E-state index in [0.717, 1.165) is 11.6 Å². The molecule has 3 unspecified atom stereocenters. The number of nitrogens with zero attached hydrogens (tertiary/aromatic N) is 1. The molecule has 3 atom stereocenters. The van der Waals surface area contributed by atoms with Gasteiger partial charge >= 0.3 is 0 Å². The van der Waals surface area contributed by atoms with Gasteiger partial charge in [-0.05, 0) is 59.9 Å². The van der Waals surface area contributed by atoms with E-state index in [0.29, 0.717) is 17.8 Å². The first-order valence-electron chi connectivity index (χ1n) is 8.67. The summed E-state index contributed by atoms with van der Waals surface area (Å²) in [7, 11) is 2.18. The Bertz CT molecular complexity index is 622. The lowest BCUT2D eigenvalue weighted by Gasteiger charge is -2.20. The lowest BCUT2D eigenvalue weighted by Crippen LogP contribution is -2.10. The Kier molecular flexibility index (Phi) is 5.43. The summed E-state index contributed by atoms with van der Waals surface area (Å²) in [6.45, 7) is 5.77. The van der Waals surface area contributed by atoms with E-state index in [1.165, 1.54) is 34.8 Å². The van der Waals surface area contributed by atoms with Crippen molar-refractivity contribution in [1.29, 1.82) is 0 Å². The molecule has 0 N–H and O–H groups in total. The van der Waals surface area contributed by atoms with Gasteiger partial charge in [0, 0.05) is 24.4 Å². The van der Waals surface area contributed by atoms with Crippen LogP contribution in [0.3, 0.4) is 0 Å². The van der Waals surface area contributed by atoms with Gasteiger partial charge in [0.25, 0.3) is 0 Å². The van der Waals surface area contributed by atoms with Crippen molar-refractivity contribution in [3.8, 4) is 0 Å². The van der Waals surface area contributed by atoms with Crippen molar-refractivity contribution in [2.45, 2.75) is 38.5 Å². The minimum atomic E-state index is 0.590. The summed E-state index contributed by atoms with van der Waals surface area (Å²) in [5, 5.41) is 2.26. The normalized spacial score (nSPS) is 29.0. The minimum absolute atomic E-state index is 0.590. The zero-order valence-electron chi connectivity index (χ0n) is 14.3. The zero-order chi connectivity index (χ0) is 16.4. The molecular weight excluding hydrogens is 322 g/mol. The van der Waals surface area contributed by atoms with Crippen molar-refractivity contribution in [3.63, 3.8) is 0 Å². The molecule has 1 nitrogen and oxygen atoms in total. The molecule has 1 fully saturated rings. The van der Waals surface area contributed by atoms with Crippen LogP contribution in [-0.2, 0) is 0 Å². The first kappa shape index (κ1) is 17.0. The SMILES string of the molecule is CCC1c2ccc(Cl)cc2C(CC)C1/C=C/C=C1\SCCN1C. The number of fused-ring (bicyclic) bond motifs is 1. The van der Waals surface area contributed by atoms with E-state index in [4.69, 9.17) is 11.6 Å². The summed E-state index contributed by atoms with van der Waals surface area (Å²) < 4.78 is 0. The highest BCUT2D eigenvalue weighted by Gasteiger charge is 2.37. The third-order valence-corrected chi connectivity index (χ3v) is 6.65. The summed E-state index contributed by atoms with van der Waals surface area (Å²) >= 11 is 8.21. The quantitative estimate of drug-likeness (QED) is 0.653. The van der Waals surface area contributed by atoms with Crippen molar-refractivity contribution in [3.05, 3.63) is 57.6 Å². The van der Waals surface area contributed by atoms with Crippen molar-refractivity contribution in [2.75, 3.05) is 19.3 Å². The molecule has 0 radical (unpaired) electrons. The van der Waals surface area contributed by atoms with Crippen molar-refractivity contribution in [1.82, 2.24) is 4.90 Å². The predicted octanol–water partition coefficient (Wildman–Crippen LogP) is 6.03. The summed E-state index contributed by atoms with van der Waals surface area (Å²) in [4.78, 5) is 2.34. The fourth-order valence-corrected chi connectivity index (χ4v) is 5.34. The van der Waals surface area contributed by atoms with Gasteiger partial charge in [-0.2, -0.15) is 0 Å². The molecule has 1 aliphatic heterocycles. The maximum absolute atomic E-state index is 6.25. The van der Waals surface area contributed by atoms with Gasteiger partial charge < -0.3 is 4.90 Å². The molecule has 0 spiro atoms. The topological polar surface area (TPSA) is 3.24 Å². The number of thioether (sulfide) groups is 1. The monoisotopic (exact) mass is 347 g/mol. The number of benzene rings is 1. The first-order chi connectivity index (χ1) is 11.2. The van der Waals surface area contributed by atoms with Crippen molar-refractivity contribution < 1.29 is 0 Å². The number of rotatable bonds is 4. The third kappa shape index (κ3) is 3.34. The highest BCUT2D eigenvalue weighted by Crippen LogP contribution is 2.50.